The minimum Gasteiger partial charge on any atom is -0.462 e. The van der Waals surface area contributed by atoms with Crippen LogP contribution >= 0.6 is 15.6 Å². The first-order chi connectivity index (χ1) is 48.9. The van der Waals surface area contributed by atoms with Crippen LogP contribution in [0.5, 0.6) is 0 Å². The average Bonchev–Trinajstić information content (AvgIpc) is 0.973. The van der Waals surface area contributed by atoms with E-state index in [4.69, 9.17) is 37.0 Å². The molecule has 0 heterocycles. The predicted octanol–water partition coefficient (Wildman–Crippen LogP) is 24.7. The minimum absolute atomic E-state index is 0.106. The number of aliphatic hydroxyl groups is 1. The normalized spacial score (nSPS) is 13.9. The van der Waals surface area contributed by atoms with Crippen LogP contribution in [0, 0.1) is 11.8 Å². The lowest BCUT2D eigenvalue weighted by molar-refractivity contribution is -0.161. The number of carbonyl (C=O) groups excluding carboxylic acids is 4. The molecule has 0 rings (SSSR count). The molecule has 0 radical (unpaired) electrons. The van der Waals surface area contributed by atoms with Crippen LogP contribution in [0.2, 0.25) is 0 Å². The zero-order chi connectivity index (χ0) is 74.2. The molecule has 101 heavy (non-hydrogen) atoms. The van der Waals surface area contributed by atoms with Gasteiger partial charge in [0.1, 0.15) is 19.3 Å². The Morgan fingerprint density at radius 2 is 0.455 bits per heavy atom. The monoisotopic (exact) mass is 1480 g/mol. The van der Waals surface area contributed by atoms with Gasteiger partial charge in [0.2, 0.25) is 0 Å². The summed E-state index contributed by atoms with van der Waals surface area (Å²) in [6, 6.07) is 0. The standard InChI is InChI=1S/C82H160O17P2/c1-7-9-11-13-15-17-18-19-20-21-22-23-24-25-26-29-33-36-42-48-54-60-66-81(86)98-78(71-93-80(85)65-59-53-47-41-35-32-30-27-28-31-34-39-44-50-56-62-74(3)4)73-97-101(90,91)95-69-76(83)68-94-100(88,89)96-72-77(70-92-79(84)64-58-52-46-38-16-14-12-10-8-2)99-82(87)67-61-55-49-43-37-40-45-51-57-63-75(5)6/h74-78,83H,7-73H2,1-6H3,(H,88,89)(H,90,91)/t76-,77+,78+/m0/s1. The van der Waals surface area contributed by atoms with E-state index in [1.807, 2.05) is 0 Å². The van der Waals surface area contributed by atoms with Crippen LogP contribution in [0.1, 0.15) is 433 Å². The van der Waals surface area contributed by atoms with Crippen LogP contribution in [0.25, 0.3) is 0 Å². The third kappa shape index (κ3) is 76.1. The van der Waals surface area contributed by atoms with E-state index in [1.165, 1.54) is 250 Å². The fourth-order valence-corrected chi connectivity index (χ4v) is 14.3. The second kappa shape index (κ2) is 73.6. The molecule has 0 fully saturated rings. The number of ether oxygens (including phenoxy) is 4. The Morgan fingerprint density at radius 1 is 0.267 bits per heavy atom. The second-order valence-electron chi connectivity index (χ2n) is 30.5. The summed E-state index contributed by atoms with van der Waals surface area (Å²) in [4.78, 5) is 73.0. The third-order valence-corrected chi connectivity index (χ3v) is 21.1. The summed E-state index contributed by atoms with van der Waals surface area (Å²) < 4.78 is 68.7. The molecule has 0 aromatic carbocycles. The number of hydrogen-bond donors (Lipinski definition) is 3. The number of aliphatic hydroxyl groups excluding tert-OH is 1. The van der Waals surface area contributed by atoms with Crippen molar-refractivity contribution >= 4 is 39.5 Å². The smallest absolute Gasteiger partial charge is 0.462 e. The van der Waals surface area contributed by atoms with Gasteiger partial charge in [-0.15, -0.1) is 0 Å². The number of phosphoric acid groups is 2. The minimum atomic E-state index is -4.96. The van der Waals surface area contributed by atoms with Crippen molar-refractivity contribution < 1.29 is 80.2 Å². The molecule has 0 bridgehead atoms. The van der Waals surface area contributed by atoms with Gasteiger partial charge in [-0.25, -0.2) is 9.13 Å². The molecule has 0 aliphatic heterocycles. The molecule has 0 aliphatic carbocycles. The van der Waals surface area contributed by atoms with Crippen molar-refractivity contribution in [3.63, 3.8) is 0 Å². The number of carbonyl (C=O) groups is 4. The molecule has 0 aliphatic rings. The van der Waals surface area contributed by atoms with Gasteiger partial charge in [0.05, 0.1) is 26.4 Å². The lowest BCUT2D eigenvalue weighted by atomic mass is 10.0. The Balaban J connectivity index is 5.19. The molecule has 19 heteroatoms. The molecule has 17 nitrogen and oxygen atoms in total. The van der Waals surface area contributed by atoms with E-state index in [0.717, 1.165) is 102 Å². The second-order valence-corrected chi connectivity index (χ2v) is 33.4. The van der Waals surface area contributed by atoms with E-state index >= 15 is 0 Å². The molecule has 0 saturated heterocycles. The molecular formula is C82H160O17P2. The lowest BCUT2D eigenvalue weighted by Crippen LogP contribution is -2.30. The van der Waals surface area contributed by atoms with Gasteiger partial charge in [-0.3, -0.25) is 37.3 Å². The van der Waals surface area contributed by atoms with E-state index in [-0.39, 0.29) is 25.7 Å². The van der Waals surface area contributed by atoms with Crippen molar-refractivity contribution in [1.82, 2.24) is 0 Å². The first kappa shape index (κ1) is 99.1. The lowest BCUT2D eigenvalue weighted by Gasteiger charge is -2.21. The van der Waals surface area contributed by atoms with Crippen LogP contribution in [0.15, 0.2) is 0 Å². The van der Waals surface area contributed by atoms with Gasteiger partial charge < -0.3 is 33.8 Å². The predicted molar refractivity (Wildman–Crippen MR) is 414 cm³/mol. The summed E-state index contributed by atoms with van der Waals surface area (Å²) in [6.07, 6.45) is 64.0. The van der Waals surface area contributed by atoms with Gasteiger partial charge in [-0.1, -0.05) is 382 Å². The molecule has 0 aromatic heterocycles. The van der Waals surface area contributed by atoms with E-state index in [1.54, 1.807) is 0 Å². The van der Waals surface area contributed by atoms with Gasteiger partial charge in [0, 0.05) is 25.7 Å². The first-order valence-corrected chi connectivity index (χ1v) is 45.5. The summed E-state index contributed by atoms with van der Waals surface area (Å²) >= 11 is 0. The van der Waals surface area contributed by atoms with Crippen LogP contribution in [-0.2, 0) is 65.4 Å². The van der Waals surface area contributed by atoms with Crippen molar-refractivity contribution in [3.05, 3.63) is 0 Å². The maximum Gasteiger partial charge on any atom is 0.472 e. The Labute approximate surface area is 619 Å². The van der Waals surface area contributed by atoms with Gasteiger partial charge in [-0.05, 0) is 37.5 Å². The van der Waals surface area contributed by atoms with Crippen molar-refractivity contribution in [2.45, 2.75) is 452 Å². The van der Waals surface area contributed by atoms with Crippen molar-refractivity contribution in [1.29, 1.82) is 0 Å². The molecular weight excluding hydrogens is 1320 g/mol. The Kier molecular flexibility index (Phi) is 72.2. The van der Waals surface area contributed by atoms with Crippen molar-refractivity contribution in [2.24, 2.45) is 11.8 Å². The Bertz CT molecular complexity index is 1940. The van der Waals surface area contributed by atoms with Crippen LogP contribution in [0.3, 0.4) is 0 Å². The highest BCUT2D eigenvalue weighted by Crippen LogP contribution is 2.45. The number of unbranched alkanes of at least 4 members (excludes halogenated alkanes) is 51. The topological polar surface area (TPSA) is 237 Å². The molecule has 0 aromatic rings. The van der Waals surface area contributed by atoms with E-state index in [2.05, 4.69) is 41.5 Å². The van der Waals surface area contributed by atoms with Crippen molar-refractivity contribution in [2.75, 3.05) is 39.6 Å². The quantitative estimate of drug-likeness (QED) is 0.0222. The van der Waals surface area contributed by atoms with Gasteiger partial charge >= 0.3 is 39.5 Å². The maximum atomic E-state index is 13.1. The summed E-state index contributed by atoms with van der Waals surface area (Å²) in [5.74, 6) is -0.568. The van der Waals surface area contributed by atoms with Crippen LogP contribution in [-0.4, -0.2) is 96.7 Å². The van der Waals surface area contributed by atoms with Gasteiger partial charge in [0.15, 0.2) is 12.2 Å². The van der Waals surface area contributed by atoms with E-state index < -0.39 is 97.5 Å². The zero-order valence-corrected chi connectivity index (χ0v) is 68.0. The summed E-state index contributed by atoms with van der Waals surface area (Å²) in [6.45, 7) is 9.62. The molecule has 600 valence electrons. The average molecular weight is 1480 g/mol. The highest BCUT2D eigenvalue weighted by atomic mass is 31.2. The molecule has 3 N–H and O–H groups in total. The van der Waals surface area contributed by atoms with E-state index in [0.29, 0.717) is 25.7 Å². The van der Waals surface area contributed by atoms with Crippen molar-refractivity contribution in [3.8, 4) is 0 Å². The summed E-state index contributed by atoms with van der Waals surface area (Å²) in [5.41, 5.74) is 0. The van der Waals surface area contributed by atoms with E-state index in [9.17, 15) is 43.2 Å². The zero-order valence-electron chi connectivity index (χ0n) is 66.2. The summed E-state index contributed by atoms with van der Waals surface area (Å²) in [7, 11) is -9.92. The number of rotatable bonds is 81. The SMILES string of the molecule is CCCCCCCCCCCCCCCCCCCCCCCCC(=O)O[C@H](COC(=O)CCCCCCCCCCCCCCCCCC(C)C)COP(=O)(O)OC[C@@H](O)COP(=O)(O)OC[C@@H](COC(=O)CCCCCCCCCCC)OC(=O)CCCCCCCCCCCC(C)C. The third-order valence-electron chi connectivity index (χ3n) is 19.2. The van der Waals surface area contributed by atoms with Crippen LogP contribution < -0.4 is 0 Å². The molecule has 5 atom stereocenters. The highest BCUT2D eigenvalue weighted by Gasteiger charge is 2.30. The highest BCUT2D eigenvalue weighted by molar-refractivity contribution is 7.47. The number of hydrogen-bond acceptors (Lipinski definition) is 15. The van der Waals surface area contributed by atoms with Crippen LogP contribution in [0.4, 0.5) is 0 Å². The summed E-state index contributed by atoms with van der Waals surface area (Å²) in [5, 5.41) is 10.6. The largest absolute Gasteiger partial charge is 0.472 e. The van der Waals surface area contributed by atoms with Gasteiger partial charge in [-0.2, -0.15) is 0 Å². The Morgan fingerprint density at radius 3 is 0.673 bits per heavy atom. The molecule has 0 amide bonds. The molecule has 2 unspecified atom stereocenters. The first-order valence-electron chi connectivity index (χ1n) is 42.5. The molecule has 0 spiro atoms. The van der Waals surface area contributed by atoms with Gasteiger partial charge in [0.25, 0.3) is 0 Å². The number of phosphoric ester groups is 2. The fourth-order valence-electron chi connectivity index (χ4n) is 12.7. The fraction of sp³-hybridized carbons (Fsp3) is 0.951. The molecule has 0 saturated carbocycles. The Hall–Kier alpha value is -1.94. The number of esters is 4. The maximum absolute atomic E-state index is 13.1.